The van der Waals surface area contributed by atoms with Gasteiger partial charge in [-0.25, -0.2) is 0 Å². The normalized spacial score (nSPS) is 16.2. The van der Waals surface area contributed by atoms with Crippen LogP contribution >= 0.6 is 0 Å². The van der Waals surface area contributed by atoms with Crippen LogP contribution in [-0.4, -0.2) is 28.6 Å². The van der Waals surface area contributed by atoms with Gasteiger partial charge in [0, 0.05) is 6.07 Å². The molecule has 0 saturated heterocycles. The number of aliphatic hydroxyl groups is 1. The number of aliphatic hydroxyl groups excluding tert-OH is 1. The summed E-state index contributed by atoms with van der Waals surface area (Å²) in [6, 6.07) is 10.5. The maximum absolute atomic E-state index is 13.1. The summed E-state index contributed by atoms with van der Waals surface area (Å²) in [5.41, 5.74) is 0.476. The fourth-order valence-electron chi connectivity index (χ4n) is 3.30. The molecule has 1 aromatic carbocycles. The number of ketones is 1. The Kier molecular flexibility index (Phi) is 4.97. The molecule has 4 rings (SSSR count). The van der Waals surface area contributed by atoms with Crippen molar-refractivity contribution in [1.82, 2.24) is 5.16 Å². The molecule has 0 aliphatic carbocycles. The number of Topliss-reactive ketones (excluding diaryl/α,β-unsaturated/α-hetero) is 1. The summed E-state index contributed by atoms with van der Waals surface area (Å²) in [6.07, 6.45) is 2.97. The van der Waals surface area contributed by atoms with Crippen LogP contribution in [0.5, 0.6) is 5.75 Å². The summed E-state index contributed by atoms with van der Waals surface area (Å²) in [5, 5.41) is 14.5. The lowest BCUT2D eigenvalue weighted by molar-refractivity contribution is -0.117. The van der Waals surface area contributed by atoms with E-state index in [1.54, 1.807) is 49.4 Å². The minimum atomic E-state index is -0.923. The minimum absolute atomic E-state index is 0.0125. The molecule has 30 heavy (non-hydrogen) atoms. The van der Waals surface area contributed by atoms with Crippen molar-refractivity contribution in [2.24, 2.45) is 0 Å². The zero-order chi connectivity index (χ0) is 21.3. The lowest BCUT2D eigenvalue weighted by atomic mass is 9.95. The van der Waals surface area contributed by atoms with E-state index >= 15 is 0 Å². The predicted octanol–water partition coefficient (Wildman–Crippen LogP) is 3.92. The Balaban J connectivity index is 1.80. The Morgan fingerprint density at radius 2 is 2.10 bits per heavy atom. The highest BCUT2D eigenvalue weighted by Crippen LogP contribution is 2.42. The Bertz CT molecular complexity index is 1120. The van der Waals surface area contributed by atoms with Crippen molar-refractivity contribution in [3.63, 3.8) is 0 Å². The summed E-state index contributed by atoms with van der Waals surface area (Å²) in [5.74, 6) is -0.731. The molecule has 1 aliphatic heterocycles. The van der Waals surface area contributed by atoms with Gasteiger partial charge in [-0.1, -0.05) is 29.9 Å². The highest BCUT2D eigenvalue weighted by atomic mass is 16.5. The molecule has 3 aromatic rings. The summed E-state index contributed by atoms with van der Waals surface area (Å²) in [4.78, 5) is 27.2. The van der Waals surface area contributed by atoms with E-state index in [4.69, 9.17) is 13.7 Å². The van der Waals surface area contributed by atoms with Gasteiger partial charge in [0.2, 0.25) is 5.78 Å². The van der Waals surface area contributed by atoms with Crippen LogP contribution in [0.15, 0.2) is 81.7 Å². The van der Waals surface area contributed by atoms with Gasteiger partial charge >= 0.3 is 0 Å². The van der Waals surface area contributed by atoms with Gasteiger partial charge in [-0.3, -0.25) is 14.5 Å². The molecule has 0 radical (unpaired) electrons. The molecule has 1 aliphatic rings. The third-order valence-electron chi connectivity index (χ3n) is 4.62. The van der Waals surface area contributed by atoms with Crippen LogP contribution in [0.4, 0.5) is 5.82 Å². The predicted molar refractivity (Wildman–Crippen MR) is 106 cm³/mol. The van der Waals surface area contributed by atoms with Crippen molar-refractivity contribution >= 4 is 17.5 Å². The lowest BCUT2D eigenvalue weighted by Gasteiger charge is -2.24. The minimum Gasteiger partial charge on any atom is -0.503 e. The molecule has 1 amide bonds. The molecular weight excluding hydrogens is 388 g/mol. The highest BCUT2D eigenvalue weighted by molar-refractivity contribution is 6.19. The zero-order valence-corrected chi connectivity index (χ0v) is 16.1. The van der Waals surface area contributed by atoms with Crippen LogP contribution in [0.25, 0.3) is 0 Å². The number of carbonyl (C=O) groups is 2. The SMILES string of the molecule is C=CCOc1ccc([C@H]2C(C(=O)c3ccco3)=C(O)C(=O)N2c2cc(C)on2)cc1. The standard InChI is InChI=1S/C22H18N2O6/c1-3-10-28-15-8-6-14(7-9-15)19-18(20(25)16-5-4-11-29-16)21(26)22(27)24(19)17-12-13(2)30-23-17/h3-9,11-12,19,26H,1,10H2,2H3/t19-/m0/s1. The molecule has 0 unspecified atom stereocenters. The third-order valence-corrected chi connectivity index (χ3v) is 4.62. The molecule has 3 heterocycles. The molecule has 0 saturated carbocycles. The Hall–Kier alpha value is -4.07. The van der Waals surface area contributed by atoms with Gasteiger partial charge in [0.15, 0.2) is 17.3 Å². The monoisotopic (exact) mass is 406 g/mol. The third kappa shape index (κ3) is 3.28. The topological polar surface area (TPSA) is 106 Å². The Labute approximate surface area is 171 Å². The number of aromatic nitrogens is 1. The van der Waals surface area contributed by atoms with E-state index in [-0.39, 0.29) is 17.2 Å². The van der Waals surface area contributed by atoms with Crippen LogP contribution in [-0.2, 0) is 4.79 Å². The first kappa shape index (κ1) is 19.3. The molecule has 152 valence electrons. The van der Waals surface area contributed by atoms with Gasteiger partial charge in [-0.05, 0) is 36.8 Å². The molecule has 0 fully saturated rings. The van der Waals surface area contributed by atoms with Gasteiger partial charge < -0.3 is 18.8 Å². The molecule has 1 atom stereocenters. The van der Waals surface area contributed by atoms with E-state index in [1.165, 1.54) is 17.2 Å². The van der Waals surface area contributed by atoms with E-state index in [2.05, 4.69) is 11.7 Å². The Morgan fingerprint density at radius 3 is 2.70 bits per heavy atom. The number of ether oxygens (including phenoxy) is 1. The Morgan fingerprint density at radius 1 is 1.33 bits per heavy atom. The number of carbonyl (C=O) groups excluding carboxylic acids is 2. The second-order valence-corrected chi connectivity index (χ2v) is 6.61. The van der Waals surface area contributed by atoms with Crippen molar-refractivity contribution in [3.05, 3.63) is 89.8 Å². The van der Waals surface area contributed by atoms with Crippen LogP contribution in [0.1, 0.15) is 27.9 Å². The number of hydrogen-bond acceptors (Lipinski definition) is 7. The average Bonchev–Trinajstić information content (AvgIpc) is 3.48. The number of anilines is 1. The van der Waals surface area contributed by atoms with E-state index in [9.17, 15) is 14.7 Å². The quantitative estimate of drug-likeness (QED) is 0.468. The van der Waals surface area contributed by atoms with E-state index in [1.807, 2.05) is 0 Å². The molecular formula is C22H18N2O6. The number of nitrogens with zero attached hydrogens (tertiary/aromatic N) is 2. The fourth-order valence-corrected chi connectivity index (χ4v) is 3.30. The molecule has 1 N–H and O–H groups in total. The maximum Gasteiger partial charge on any atom is 0.295 e. The number of aryl methyl sites for hydroxylation is 1. The lowest BCUT2D eigenvalue weighted by Crippen LogP contribution is -2.31. The summed E-state index contributed by atoms with van der Waals surface area (Å²) in [7, 11) is 0. The first-order valence-electron chi connectivity index (χ1n) is 9.13. The van der Waals surface area contributed by atoms with Crippen LogP contribution in [0.3, 0.4) is 0 Å². The number of amides is 1. The zero-order valence-electron chi connectivity index (χ0n) is 16.1. The smallest absolute Gasteiger partial charge is 0.295 e. The van der Waals surface area contributed by atoms with Gasteiger partial charge in [0.25, 0.3) is 5.91 Å². The number of rotatable bonds is 7. The second-order valence-electron chi connectivity index (χ2n) is 6.61. The van der Waals surface area contributed by atoms with Crippen molar-refractivity contribution in [2.45, 2.75) is 13.0 Å². The fraction of sp³-hybridized carbons (Fsp3) is 0.136. The number of benzene rings is 1. The molecule has 0 spiro atoms. The van der Waals surface area contributed by atoms with Gasteiger partial charge in [-0.2, -0.15) is 0 Å². The molecule has 8 heteroatoms. The summed E-state index contributed by atoms with van der Waals surface area (Å²) >= 11 is 0. The number of hydrogen-bond donors (Lipinski definition) is 1. The first-order valence-corrected chi connectivity index (χ1v) is 9.13. The van der Waals surface area contributed by atoms with Gasteiger partial charge in [0.1, 0.15) is 18.1 Å². The molecule has 2 aromatic heterocycles. The largest absolute Gasteiger partial charge is 0.503 e. The van der Waals surface area contributed by atoms with Crippen LogP contribution in [0, 0.1) is 6.92 Å². The average molecular weight is 406 g/mol. The highest BCUT2D eigenvalue weighted by Gasteiger charge is 2.46. The summed E-state index contributed by atoms with van der Waals surface area (Å²) < 4.78 is 15.8. The molecule has 8 nitrogen and oxygen atoms in total. The number of furan rings is 1. The maximum atomic E-state index is 13.1. The summed E-state index contributed by atoms with van der Waals surface area (Å²) in [6.45, 7) is 5.63. The van der Waals surface area contributed by atoms with E-state index < -0.39 is 23.5 Å². The van der Waals surface area contributed by atoms with E-state index in [0.717, 1.165) is 0 Å². The van der Waals surface area contributed by atoms with Crippen molar-refractivity contribution in [1.29, 1.82) is 0 Å². The van der Waals surface area contributed by atoms with Crippen molar-refractivity contribution in [3.8, 4) is 5.75 Å². The van der Waals surface area contributed by atoms with Gasteiger partial charge in [0.05, 0.1) is 17.9 Å². The first-order chi connectivity index (χ1) is 14.5. The molecule has 0 bridgehead atoms. The van der Waals surface area contributed by atoms with Crippen LogP contribution in [0.2, 0.25) is 0 Å². The van der Waals surface area contributed by atoms with E-state index in [0.29, 0.717) is 23.7 Å². The van der Waals surface area contributed by atoms with Crippen molar-refractivity contribution < 1.29 is 28.4 Å². The van der Waals surface area contributed by atoms with Gasteiger partial charge in [-0.15, -0.1) is 0 Å². The second kappa shape index (κ2) is 7.75. The van der Waals surface area contributed by atoms with Crippen LogP contribution < -0.4 is 9.64 Å². The van der Waals surface area contributed by atoms with Crippen molar-refractivity contribution in [2.75, 3.05) is 11.5 Å².